The Morgan fingerprint density at radius 1 is 1.00 bits per heavy atom. The highest BCUT2D eigenvalue weighted by molar-refractivity contribution is 6.00. The highest BCUT2D eigenvalue weighted by Gasteiger charge is 2.41. The van der Waals surface area contributed by atoms with Crippen molar-refractivity contribution in [3.05, 3.63) is 71.9 Å². The molecule has 0 N–H and O–H groups in total. The minimum atomic E-state index is -0.496. The molecule has 31 heavy (non-hydrogen) atoms. The number of rotatable bonds is 4. The van der Waals surface area contributed by atoms with Crippen molar-refractivity contribution in [2.75, 3.05) is 26.3 Å². The summed E-state index contributed by atoms with van der Waals surface area (Å²) in [5.74, 6) is -0.492. The lowest BCUT2D eigenvalue weighted by atomic mass is 10.0. The van der Waals surface area contributed by atoms with E-state index in [1.54, 1.807) is 4.68 Å². The molecule has 0 atom stereocenters. The summed E-state index contributed by atoms with van der Waals surface area (Å²) in [6.45, 7) is 4.63. The lowest BCUT2D eigenvalue weighted by Gasteiger charge is -2.37. The number of nitrogens with zero attached hydrogens (tertiary/aromatic N) is 3. The second-order valence-corrected chi connectivity index (χ2v) is 8.12. The Morgan fingerprint density at radius 3 is 2.32 bits per heavy atom. The number of amides is 1. The predicted octanol–water partition coefficient (Wildman–Crippen LogP) is 4.08. The van der Waals surface area contributed by atoms with Crippen molar-refractivity contribution in [2.24, 2.45) is 0 Å². The van der Waals surface area contributed by atoms with Gasteiger partial charge in [0, 0.05) is 37.7 Å². The summed E-state index contributed by atoms with van der Waals surface area (Å²) < 4.78 is 13.4. The minimum Gasteiger partial charge on any atom is -0.347 e. The molecule has 1 aromatic heterocycles. The van der Waals surface area contributed by atoms with Crippen molar-refractivity contribution >= 4 is 5.91 Å². The molecule has 2 saturated heterocycles. The molecular formula is C25H27N3O3. The zero-order chi connectivity index (χ0) is 21.3. The standard InChI is InChI=1S/C25H27N3O3/c1-2-19-8-10-20(11-9-19)23-22(18-28(26-23)21-6-4-3-5-7-21)24(29)27-14-12-25(13-15-27)30-16-17-31-25/h3-11,18H,2,12-17H2,1H3. The Kier molecular flexibility index (Phi) is 5.34. The first kappa shape index (κ1) is 20.0. The molecule has 5 rings (SSSR count). The van der Waals surface area contributed by atoms with Crippen LogP contribution in [0.3, 0.4) is 0 Å². The molecule has 2 aliphatic rings. The van der Waals surface area contributed by atoms with Crippen molar-refractivity contribution in [1.82, 2.24) is 14.7 Å². The molecule has 3 heterocycles. The maximum atomic E-state index is 13.6. The number of para-hydroxylation sites is 1. The van der Waals surface area contributed by atoms with Crippen LogP contribution < -0.4 is 0 Å². The summed E-state index contributed by atoms with van der Waals surface area (Å²) in [5.41, 5.74) is 4.48. The topological polar surface area (TPSA) is 56.6 Å². The quantitative estimate of drug-likeness (QED) is 0.642. The summed E-state index contributed by atoms with van der Waals surface area (Å²) in [5, 5.41) is 4.81. The molecule has 0 saturated carbocycles. The Hall–Kier alpha value is -2.96. The van der Waals surface area contributed by atoms with Gasteiger partial charge in [0.15, 0.2) is 5.79 Å². The highest BCUT2D eigenvalue weighted by Crippen LogP contribution is 2.33. The molecule has 6 nitrogen and oxygen atoms in total. The van der Waals surface area contributed by atoms with Crippen molar-refractivity contribution in [2.45, 2.75) is 32.0 Å². The van der Waals surface area contributed by atoms with Crippen LogP contribution in [0.15, 0.2) is 60.8 Å². The number of piperidine rings is 1. The van der Waals surface area contributed by atoms with E-state index in [2.05, 4.69) is 31.2 Å². The molecular weight excluding hydrogens is 390 g/mol. The molecule has 2 fully saturated rings. The molecule has 2 aromatic carbocycles. The fraction of sp³-hybridized carbons (Fsp3) is 0.360. The van der Waals surface area contributed by atoms with Gasteiger partial charge in [-0.15, -0.1) is 0 Å². The van der Waals surface area contributed by atoms with Gasteiger partial charge in [-0.2, -0.15) is 5.10 Å². The van der Waals surface area contributed by atoms with Gasteiger partial charge in [0.05, 0.1) is 24.5 Å². The van der Waals surface area contributed by atoms with Gasteiger partial charge in [0.1, 0.15) is 5.69 Å². The normalized spacial score (nSPS) is 17.9. The van der Waals surface area contributed by atoms with E-state index in [0.29, 0.717) is 50.4 Å². The Balaban J connectivity index is 1.47. The summed E-state index contributed by atoms with van der Waals surface area (Å²) in [7, 11) is 0. The van der Waals surface area contributed by atoms with Gasteiger partial charge in [-0.05, 0) is 24.1 Å². The number of aryl methyl sites for hydroxylation is 1. The van der Waals surface area contributed by atoms with E-state index in [1.807, 2.05) is 41.4 Å². The maximum absolute atomic E-state index is 13.6. The van der Waals surface area contributed by atoms with Gasteiger partial charge in [0.2, 0.25) is 0 Å². The summed E-state index contributed by atoms with van der Waals surface area (Å²) in [4.78, 5) is 15.5. The largest absolute Gasteiger partial charge is 0.347 e. The summed E-state index contributed by atoms with van der Waals surface area (Å²) >= 11 is 0. The fourth-order valence-corrected chi connectivity index (χ4v) is 4.36. The Labute approximate surface area is 182 Å². The molecule has 0 unspecified atom stereocenters. The highest BCUT2D eigenvalue weighted by atomic mass is 16.7. The molecule has 3 aromatic rings. The van der Waals surface area contributed by atoms with Crippen LogP contribution in [0, 0.1) is 0 Å². The van der Waals surface area contributed by atoms with Crippen LogP contribution in [0.2, 0.25) is 0 Å². The van der Waals surface area contributed by atoms with Gasteiger partial charge in [-0.3, -0.25) is 4.79 Å². The number of benzene rings is 2. The van der Waals surface area contributed by atoms with E-state index in [0.717, 1.165) is 17.7 Å². The van der Waals surface area contributed by atoms with E-state index in [1.165, 1.54) is 5.56 Å². The molecule has 0 radical (unpaired) electrons. The second-order valence-electron chi connectivity index (χ2n) is 8.12. The van der Waals surface area contributed by atoms with Crippen molar-refractivity contribution < 1.29 is 14.3 Å². The van der Waals surface area contributed by atoms with Crippen molar-refractivity contribution in [3.8, 4) is 16.9 Å². The Bertz CT molecular complexity index is 1040. The van der Waals surface area contributed by atoms with Crippen LogP contribution in [-0.4, -0.2) is 52.7 Å². The number of hydrogen-bond donors (Lipinski definition) is 0. The maximum Gasteiger partial charge on any atom is 0.257 e. The Morgan fingerprint density at radius 2 is 1.68 bits per heavy atom. The van der Waals surface area contributed by atoms with Crippen LogP contribution in [0.4, 0.5) is 0 Å². The van der Waals surface area contributed by atoms with E-state index in [9.17, 15) is 4.79 Å². The van der Waals surface area contributed by atoms with Crippen LogP contribution in [0.1, 0.15) is 35.7 Å². The zero-order valence-electron chi connectivity index (χ0n) is 17.8. The second kappa shape index (κ2) is 8.29. The van der Waals surface area contributed by atoms with E-state index in [-0.39, 0.29) is 5.91 Å². The minimum absolute atomic E-state index is 0.00426. The van der Waals surface area contributed by atoms with E-state index < -0.39 is 5.79 Å². The number of hydrogen-bond acceptors (Lipinski definition) is 4. The van der Waals surface area contributed by atoms with Crippen LogP contribution >= 0.6 is 0 Å². The number of aromatic nitrogens is 2. The summed E-state index contributed by atoms with van der Waals surface area (Å²) in [6, 6.07) is 18.2. The zero-order valence-corrected chi connectivity index (χ0v) is 17.8. The monoisotopic (exact) mass is 417 g/mol. The predicted molar refractivity (Wildman–Crippen MR) is 118 cm³/mol. The van der Waals surface area contributed by atoms with Gasteiger partial charge >= 0.3 is 0 Å². The lowest BCUT2D eigenvalue weighted by Crippen LogP contribution is -2.47. The lowest BCUT2D eigenvalue weighted by molar-refractivity contribution is -0.181. The number of carbonyl (C=O) groups is 1. The van der Waals surface area contributed by atoms with Gasteiger partial charge in [-0.25, -0.2) is 4.68 Å². The van der Waals surface area contributed by atoms with Gasteiger partial charge in [-0.1, -0.05) is 49.4 Å². The van der Waals surface area contributed by atoms with E-state index >= 15 is 0 Å². The molecule has 6 heteroatoms. The van der Waals surface area contributed by atoms with Crippen molar-refractivity contribution in [3.63, 3.8) is 0 Å². The number of carbonyl (C=O) groups excluding carboxylic acids is 1. The molecule has 1 spiro atoms. The average Bonchev–Trinajstić information content (AvgIpc) is 3.48. The first-order chi connectivity index (χ1) is 15.2. The first-order valence-electron chi connectivity index (χ1n) is 11.0. The molecule has 2 aliphatic heterocycles. The average molecular weight is 418 g/mol. The van der Waals surface area contributed by atoms with Crippen LogP contribution in [-0.2, 0) is 15.9 Å². The van der Waals surface area contributed by atoms with Crippen LogP contribution in [0.5, 0.6) is 0 Å². The number of likely N-dealkylation sites (tertiary alicyclic amines) is 1. The fourth-order valence-electron chi connectivity index (χ4n) is 4.36. The third kappa shape index (κ3) is 3.89. The third-order valence-corrected chi connectivity index (χ3v) is 6.23. The van der Waals surface area contributed by atoms with Crippen molar-refractivity contribution in [1.29, 1.82) is 0 Å². The third-order valence-electron chi connectivity index (χ3n) is 6.23. The smallest absolute Gasteiger partial charge is 0.257 e. The van der Waals surface area contributed by atoms with Gasteiger partial charge < -0.3 is 14.4 Å². The SMILES string of the molecule is CCc1ccc(-c2nn(-c3ccccc3)cc2C(=O)N2CCC3(CC2)OCCO3)cc1. The molecule has 0 aliphatic carbocycles. The first-order valence-corrected chi connectivity index (χ1v) is 11.0. The van der Waals surface area contributed by atoms with E-state index in [4.69, 9.17) is 14.6 Å². The molecule has 160 valence electrons. The molecule has 1 amide bonds. The molecule has 0 bridgehead atoms. The summed E-state index contributed by atoms with van der Waals surface area (Å²) in [6.07, 6.45) is 4.23. The van der Waals surface area contributed by atoms with Crippen LogP contribution in [0.25, 0.3) is 16.9 Å². The number of ether oxygens (including phenoxy) is 2. The van der Waals surface area contributed by atoms with Gasteiger partial charge in [0.25, 0.3) is 5.91 Å².